The maximum atomic E-state index is 12.1. The summed E-state index contributed by atoms with van der Waals surface area (Å²) in [6, 6.07) is 15.7. The molecule has 0 aliphatic heterocycles. The second-order valence-corrected chi connectivity index (χ2v) is 6.31. The molecule has 0 aliphatic rings. The van der Waals surface area contributed by atoms with E-state index in [9.17, 15) is 4.79 Å². The lowest BCUT2D eigenvalue weighted by Gasteiger charge is -2.14. The van der Waals surface area contributed by atoms with Gasteiger partial charge < -0.3 is 10.1 Å². The second-order valence-electron chi connectivity index (χ2n) is 6.31. The van der Waals surface area contributed by atoms with Crippen LogP contribution in [0, 0.1) is 0 Å². The minimum Gasteiger partial charge on any atom is -0.489 e. The molecule has 1 amide bonds. The van der Waals surface area contributed by atoms with Crippen LogP contribution in [0.1, 0.15) is 44.7 Å². The summed E-state index contributed by atoms with van der Waals surface area (Å²) in [5.41, 5.74) is 2.97. The highest BCUT2D eigenvalue weighted by Crippen LogP contribution is 2.24. The van der Waals surface area contributed by atoms with E-state index in [1.165, 1.54) is 11.6 Å². The van der Waals surface area contributed by atoms with Gasteiger partial charge in [0, 0.05) is 6.08 Å². The van der Waals surface area contributed by atoms with E-state index in [1.807, 2.05) is 56.3 Å². The Balaban J connectivity index is 2.03. The number of carbonyl (C=O) groups is 1. The SMILES string of the molecule is CC(C)Oc1ccccc1NC(=O)/C=C/c1ccc(C(C)C)cc1. The van der Waals surface area contributed by atoms with Gasteiger partial charge in [-0.1, -0.05) is 50.2 Å². The average molecular weight is 323 g/mol. The van der Waals surface area contributed by atoms with Crippen LogP contribution in [-0.2, 0) is 4.79 Å². The molecule has 126 valence electrons. The van der Waals surface area contributed by atoms with Crippen molar-refractivity contribution in [2.24, 2.45) is 0 Å². The molecule has 3 nitrogen and oxygen atoms in total. The summed E-state index contributed by atoms with van der Waals surface area (Å²) in [6.07, 6.45) is 3.40. The highest BCUT2D eigenvalue weighted by atomic mass is 16.5. The molecule has 0 atom stereocenters. The van der Waals surface area contributed by atoms with Crippen LogP contribution in [-0.4, -0.2) is 12.0 Å². The lowest BCUT2D eigenvalue weighted by Crippen LogP contribution is -2.12. The van der Waals surface area contributed by atoms with E-state index in [2.05, 4.69) is 31.3 Å². The van der Waals surface area contributed by atoms with Crippen molar-refractivity contribution in [3.05, 3.63) is 65.7 Å². The Morgan fingerprint density at radius 3 is 2.29 bits per heavy atom. The van der Waals surface area contributed by atoms with Crippen molar-refractivity contribution in [1.82, 2.24) is 0 Å². The van der Waals surface area contributed by atoms with E-state index in [1.54, 1.807) is 0 Å². The molecule has 3 heteroatoms. The molecular weight excluding hydrogens is 298 g/mol. The topological polar surface area (TPSA) is 38.3 Å². The molecule has 0 aliphatic carbocycles. The van der Waals surface area contributed by atoms with Crippen molar-refractivity contribution in [2.75, 3.05) is 5.32 Å². The van der Waals surface area contributed by atoms with E-state index in [4.69, 9.17) is 4.74 Å². The van der Waals surface area contributed by atoms with Crippen molar-refractivity contribution in [3.63, 3.8) is 0 Å². The quantitative estimate of drug-likeness (QED) is 0.737. The molecule has 0 aromatic heterocycles. The van der Waals surface area contributed by atoms with E-state index < -0.39 is 0 Å². The van der Waals surface area contributed by atoms with Gasteiger partial charge in [0.2, 0.25) is 5.91 Å². The summed E-state index contributed by atoms with van der Waals surface area (Å²) in [6.45, 7) is 8.24. The fourth-order valence-electron chi connectivity index (χ4n) is 2.26. The Hall–Kier alpha value is -2.55. The maximum absolute atomic E-state index is 12.1. The largest absolute Gasteiger partial charge is 0.489 e. The van der Waals surface area contributed by atoms with Crippen LogP contribution in [0.3, 0.4) is 0 Å². The number of anilines is 1. The molecule has 0 radical (unpaired) electrons. The monoisotopic (exact) mass is 323 g/mol. The van der Waals surface area contributed by atoms with Gasteiger partial charge in [0.05, 0.1) is 11.8 Å². The lowest BCUT2D eigenvalue weighted by molar-refractivity contribution is -0.111. The van der Waals surface area contributed by atoms with Gasteiger partial charge in [-0.25, -0.2) is 0 Å². The van der Waals surface area contributed by atoms with Gasteiger partial charge in [-0.2, -0.15) is 0 Å². The fourth-order valence-corrected chi connectivity index (χ4v) is 2.26. The first-order valence-electron chi connectivity index (χ1n) is 8.30. The number of hydrogen-bond acceptors (Lipinski definition) is 2. The summed E-state index contributed by atoms with van der Waals surface area (Å²) < 4.78 is 5.71. The third-order valence-electron chi connectivity index (χ3n) is 3.54. The van der Waals surface area contributed by atoms with Crippen LogP contribution in [0.25, 0.3) is 6.08 Å². The van der Waals surface area contributed by atoms with Crippen molar-refractivity contribution < 1.29 is 9.53 Å². The minimum absolute atomic E-state index is 0.0538. The third-order valence-corrected chi connectivity index (χ3v) is 3.54. The molecule has 0 saturated carbocycles. The molecule has 2 aromatic carbocycles. The summed E-state index contributed by atoms with van der Waals surface area (Å²) >= 11 is 0. The van der Waals surface area contributed by atoms with Crippen LogP contribution in [0.5, 0.6) is 5.75 Å². The smallest absolute Gasteiger partial charge is 0.248 e. The van der Waals surface area contributed by atoms with Gasteiger partial charge in [-0.15, -0.1) is 0 Å². The third kappa shape index (κ3) is 5.27. The number of nitrogens with one attached hydrogen (secondary N) is 1. The Kier molecular flexibility index (Phi) is 6.19. The van der Waals surface area contributed by atoms with Crippen LogP contribution in [0.15, 0.2) is 54.6 Å². The van der Waals surface area contributed by atoms with Gasteiger partial charge in [0.25, 0.3) is 0 Å². The van der Waals surface area contributed by atoms with E-state index in [-0.39, 0.29) is 12.0 Å². The normalized spacial score (nSPS) is 11.2. The van der Waals surface area contributed by atoms with Crippen molar-refractivity contribution in [1.29, 1.82) is 0 Å². The van der Waals surface area contributed by atoms with E-state index >= 15 is 0 Å². The summed E-state index contributed by atoms with van der Waals surface area (Å²) in [7, 11) is 0. The van der Waals surface area contributed by atoms with Gasteiger partial charge in [0.1, 0.15) is 5.75 Å². The zero-order valence-electron chi connectivity index (χ0n) is 14.7. The molecule has 0 fully saturated rings. The number of hydrogen-bond donors (Lipinski definition) is 1. The molecule has 2 rings (SSSR count). The fraction of sp³-hybridized carbons (Fsp3) is 0.286. The standard InChI is InChI=1S/C21H25NO2/c1-15(2)18-12-9-17(10-13-18)11-14-21(23)22-19-7-5-6-8-20(19)24-16(3)4/h5-16H,1-4H3,(H,22,23)/b14-11+. The summed E-state index contributed by atoms with van der Waals surface area (Å²) in [5, 5.41) is 2.87. The Morgan fingerprint density at radius 1 is 1.00 bits per heavy atom. The first-order valence-corrected chi connectivity index (χ1v) is 8.30. The molecule has 0 heterocycles. The highest BCUT2D eigenvalue weighted by Gasteiger charge is 2.06. The number of benzene rings is 2. The number of amides is 1. The van der Waals surface area contributed by atoms with Crippen LogP contribution < -0.4 is 10.1 Å². The zero-order chi connectivity index (χ0) is 17.5. The van der Waals surface area contributed by atoms with Crippen LogP contribution in [0.2, 0.25) is 0 Å². The van der Waals surface area contributed by atoms with Crippen LogP contribution >= 0.6 is 0 Å². The molecule has 0 unspecified atom stereocenters. The Bertz CT molecular complexity index is 700. The van der Waals surface area contributed by atoms with Gasteiger partial charge in [-0.3, -0.25) is 4.79 Å². The van der Waals surface area contributed by atoms with Crippen LogP contribution in [0.4, 0.5) is 5.69 Å². The van der Waals surface area contributed by atoms with Crippen molar-refractivity contribution in [3.8, 4) is 5.75 Å². The number of carbonyl (C=O) groups excluding carboxylic acids is 1. The molecule has 2 aromatic rings. The zero-order valence-corrected chi connectivity index (χ0v) is 14.7. The highest BCUT2D eigenvalue weighted by molar-refractivity contribution is 6.02. The Morgan fingerprint density at radius 2 is 1.67 bits per heavy atom. The molecule has 0 bridgehead atoms. The predicted molar refractivity (Wildman–Crippen MR) is 100 cm³/mol. The number of ether oxygens (including phenoxy) is 1. The lowest BCUT2D eigenvalue weighted by atomic mass is 10.0. The predicted octanol–water partition coefficient (Wildman–Crippen LogP) is 5.25. The number of para-hydroxylation sites is 2. The first kappa shape index (κ1) is 17.8. The van der Waals surface area contributed by atoms with Gasteiger partial charge >= 0.3 is 0 Å². The van der Waals surface area contributed by atoms with E-state index in [0.717, 1.165) is 5.56 Å². The molecule has 24 heavy (non-hydrogen) atoms. The van der Waals surface area contributed by atoms with Crippen molar-refractivity contribution >= 4 is 17.7 Å². The minimum atomic E-state index is -0.178. The molecule has 0 saturated heterocycles. The van der Waals surface area contributed by atoms with E-state index in [0.29, 0.717) is 17.4 Å². The Labute approximate surface area is 144 Å². The number of rotatable bonds is 6. The summed E-state index contributed by atoms with van der Waals surface area (Å²) in [5.74, 6) is 1.00. The molecule has 0 spiro atoms. The average Bonchev–Trinajstić information content (AvgIpc) is 2.54. The maximum Gasteiger partial charge on any atom is 0.248 e. The summed E-state index contributed by atoms with van der Waals surface area (Å²) in [4.78, 5) is 12.1. The first-order chi connectivity index (χ1) is 11.5. The molecule has 1 N–H and O–H groups in total. The molecular formula is C21H25NO2. The second kappa shape index (κ2) is 8.34. The van der Waals surface area contributed by atoms with Crippen molar-refractivity contribution in [2.45, 2.75) is 39.7 Å². The van der Waals surface area contributed by atoms with Gasteiger partial charge in [-0.05, 0) is 49.1 Å². The van der Waals surface area contributed by atoms with Gasteiger partial charge in [0.15, 0.2) is 0 Å².